The summed E-state index contributed by atoms with van der Waals surface area (Å²) in [7, 11) is 0. The molecular formula is C14H18N2O3. The number of amides is 1. The van der Waals surface area contributed by atoms with Gasteiger partial charge < -0.3 is 0 Å². The Morgan fingerprint density at radius 1 is 1.42 bits per heavy atom. The third-order valence-corrected chi connectivity index (χ3v) is 3.17. The molecule has 0 spiro atoms. The number of rotatable bonds is 4. The lowest BCUT2D eigenvalue weighted by molar-refractivity contribution is -0.139. The molecule has 0 aliphatic carbocycles. The van der Waals surface area contributed by atoms with Crippen LogP contribution in [-0.4, -0.2) is 24.3 Å². The minimum Gasteiger partial charge on any atom is -0.299 e. The summed E-state index contributed by atoms with van der Waals surface area (Å²) in [5, 5.41) is 2.93. The molecule has 0 unspecified atom stereocenters. The quantitative estimate of drug-likeness (QED) is 0.788. The van der Waals surface area contributed by atoms with Crippen molar-refractivity contribution in [2.24, 2.45) is 5.92 Å². The van der Waals surface area contributed by atoms with Crippen LogP contribution >= 0.6 is 0 Å². The Hall–Kier alpha value is -1.72. The molecule has 1 aromatic rings. The largest absolute Gasteiger partial charge is 0.299 e. The molecule has 0 radical (unpaired) electrons. The molecule has 5 heteroatoms. The third kappa shape index (κ3) is 3.87. The predicted octanol–water partition coefficient (Wildman–Crippen LogP) is 0.801. The lowest BCUT2D eigenvalue weighted by atomic mass is 9.92. The second kappa shape index (κ2) is 6.45. The van der Waals surface area contributed by atoms with E-state index in [0.29, 0.717) is 13.0 Å². The summed E-state index contributed by atoms with van der Waals surface area (Å²) in [5.41, 5.74) is 3.42. The van der Waals surface area contributed by atoms with Crippen LogP contribution in [0.1, 0.15) is 18.9 Å². The first kappa shape index (κ1) is 13.7. The first-order valence-corrected chi connectivity index (χ1v) is 6.37. The van der Waals surface area contributed by atoms with E-state index in [4.69, 9.17) is 4.84 Å². The van der Waals surface area contributed by atoms with Gasteiger partial charge in [-0.05, 0) is 11.5 Å². The summed E-state index contributed by atoms with van der Waals surface area (Å²) in [4.78, 5) is 28.3. The van der Waals surface area contributed by atoms with Crippen LogP contribution in [0.5, 0.6) is 0 Å². The molecule has 2 N–H and O–H groups in total. The summed E-state index contributed by atoms with van der Waals surface area (Å²) in [6, 6.07) is 9.23. The second-order valence-corrected chi connectivity index (χ2v) is 4.82. The average molecular weight is 262 g/mol. The van der Waals surface area contributed by atoms with E-state index in [1.54, 1.807) is 0 Å². The molecule has 102 valence electrons. The van der Waals surface area contributed by atoms with Crippen molar-refractivity contribution in [3.05, 3.63) is 35.9 Å². The monoisotopic (exact) mass is 262 g/mol. The highest BCUT2D eigenvalue weighted by atomic mass is 16.6. The Kier molecular flexibility index (Phi) is 4.65. The minimum atomic E-state index is -0.367. The Balaban J connectivity index is 1.77. The molecule has 0 aromatic heterocycles. The van der Waals surface area contributed by atoms with Crippen LogP contribution in [0.15, 0.2) is 30.3 Å². The Morgan fingerprint density at radius 3 is 2.84 bits per heavy atom. The van der Waals surface area contributed by atoms with Crippen molar-refractivity contribution in [3.8, 4) is 0 Å². The Labute approximate surface area is 112 Å². The van der Waals surface area contributed by atoms with Gasteiger partial charge in [0, 0.05) is 6.42 Å². The van der Waals surface area contributed by atoms with Gasteiger partial charge in [0.2, 0.25) is 0 Å². The zero-order valence-electron chi connectivity index (χ0n) is 10.9. The standard InChI is InChI=1S/C14H18N2O3/c1-10-7-12(17)8-15-13(10)14(18)16-19-9-11-5-3-2-4-6-11/h2-6,10,13,15H,7-9H2,1H3,(H,16,18)/t10-,13-/m0/s1. The maximum atomic E-state index is 11.9. The molecular weight excluding hydrogens is 244 g/mol. The number of hydrogen-bond donors (Lipinski definition) is 2. The zero-order chi connectivity index (χ0) is 13.7. The zero-order valence-corrected chi connectivity index (χ0v) is 10.9. The molecule has 1 saturated heterocycles. The van der Waals surface area contributed by atoms with Crippen LogP contribution in [0.2, 0.25) is 0 Å². The molecule has 1 aromatic carbocycles. The van der Waals surface area contributed by atoms with Gasteiger partial charge in [-0.1, -0.05) is 37.3 Å². The van der Waals surface area contributed by atoms with Gasteiger partial charge in [0.25, 0.3) is 5.91 Å². The number of hydrogen-bond acceptors (Lipinski definition) is 4. The Morgan fingerprint density at radius 2 is 2.16 bits per heavy atom. The van der Waals surface area contributed by atoms with Crippen molar-refractivity contribution in [1.29, 1.82) is 0 Å². The molecule has 0 saturated carbocycles. The van der Waals surface area contributed by atoms with Gasteiger partial charge in [0.15, 0.2) is 0 Å². The molecule has 2 rings (SSSR count). The molecule has 1 heterocycles. The molecule has 1 fully saturated rings. The van der Waals surface area contributed by atoms with Gasteiger partial charge in [-0.2, -0.15) is 0 Å². The highest BCUT2D eigenvalue weighted by Crippen LogP contribution is 2.13. The van der Waals surface area contributed by atoms with Crippen molar-refractivity contribution < 1.29 is 14.4 Å². The number of benzene rings is 1. The fraction of sp³-hybridized carbons (Fsp3) is 0.429. The van der Waals surface area contributed by atoms with Gasteiger partial charge in [-0.25, -0.2) is 5.48 Å². The number of ketones is 1. The number of nitrogens with one attached hydrogen (secondary N) is 2. The van der Waals surface area contributed by atoms with Crippen molar-refractivity contribution in [2.75, 3.05) is 6.54 Å². The van der Waals surface area contributed by atoms with E-state index in [1.807, 2.05) is 37.3 Å². The SMILES string of the molecule is C[C@H]1CC(=O)CN[C@@H]1C(=O)NOCc1ccccc1. The van der Waals surface area contributed by atoms with Gasteiger partial charge in [-0.15, -0.1) is 0 Å². The third-order valence-electron chi connectivity index (χ3n) is 3.17. The molecule has 19 heavy (non-hydrogen) atoms. The molecule has 1 amide bonds. The number of Topliss-reactive ketones (excluding diaryl/α,β-unsaturated/α-hetero) is 1. The maximum absolute atomic E-state index is 11.9. The molecule has 0 bridgehead atoms. The fourth-order valence-electron chi connectivity index (χ4n) is 2.15. The van der Waals surface area contributed by atoms with E-state index in [9.17, 15) is 9.59 Å². The molecule has 1 aliphatic heterocycles. The van der Waals surface area contributed by atoms with E-state index in [2.05, 4.69) is 10.8 Å². The van der Waals surface area contributed by atoms with Crippen molar-refractivity contribution >= 4 is 11.7 Å². The average Bonchev–Trinajstić information content (AvgIpc) is 2.39. The van der Waals surface area contributed by atoms with Gasteiger partial charge in [0.05, 0.1) is 19.2 Å². The fourth-order valence-corrected chi connectivity index (χ4v) is 2.15. The summed E-state index contributed by atoms with van der Waals surface area (Å²) >= 11 is 0. The molecule has 5 nitrogen and oxygen atoms in total. The van der Waals surface area contributed by atoms with E-state index < -0.39 is 0 Å². The van der Waals surface area contributed by atoms with Crippen molar-refractivity contribution in [1.82, 2.24) is 10.8 Å². The maximum Gasteiger partial charge on any atom is 0.260 e. The topological polar surface area (TPSA) is 67.4 Å². The first-order valence-electron chi connectivity index (χ1n) is 6.37. The lowest BCUT2D eigenvalue weighted by Crippen LogP contribution is -2.53. The van der Waals surface area contributed by atoms with Crippen LogP contribution in [0, 0.1) is 5.92 Å². The molecule has 2 atom stereocenters. The first-order chi connectivity index (χ1) is 9.16. The van der Waals surface area contributed by atoms with Gasteiger partial charge in [0.1, 0.15) is 5.78 Å². The van der Waals surface area contributed by atoms with Crippen molar-refractivity contribution in [2.45, 2.75) is 26.0 Å². The highest BCUT2D eigenvalue weighted by molar-refractivity contribution is 5.87. The van der Waals surface area contributed by atoms with E-state index in [1.165, 1.54) is 0 Å². The number of piperidine rings is 1. The van der Waals surface area contributed by atoms with E-state index in [0.717, 1.165) is 5.56 Å². The smallest absolute Gasteiger partial charge is 0.260 e. The van der Waals surface area contributed by atoms with Crippen molar-refractivity contribution in [3.63, 3.8) is 0 Å². The van der Waals surface area contributed by atoms with Gasteiger partial charge >= 0.3 is 0 Å². The lowest BCUT2D eigenvalue weighted by Gasteiger charge is -2.27. The summed E-state index contributed by atoms with van der Waals surface area (Å²) in [6.07, 6.45) is 0.434. The number of hydroxylamine groups is 1. The van der Waals surface area contributed by atoms with Crippen LogP contribution in [0.3, 0.4) is 0 Å². The van der Waals surface area contributed by atoms with E-state index in [-0.39, 0.29) is 30.2 Å². The number of carbonyl (C=O) groups is 2. The van der Waals surface area contributed by atoms with Crippen LogP contribution in [0.4, 0.5) is 0 Å². The summed E-state index contributed by atoms with van der Waals surface area (Å²) in [5.74, 6) is -0.0979. The minimum absolute atomic E-state index is 0.0124. The highest BCUT2D eigenvalue weighted by Gasteiger charge is 2.30. The van der Waals surface area contributed by atoms with Crippen LogP contribution < -0.4 is 10.8 Å². The van der Waals surface area contributed by atoms with Crippen LogP contribution in [0.25, 0.3) is 0 Å². The number of carbonyl (C=O) groups excluding carboxylic acids is 2. The normalized spacial score (nSPS) is 23.1. The van der Waals surface area contributed by atoms with E-state index >= 15 is 0 Å². The predicted molar refractivity (Wildman–Crippen MR) is 70.0 cm³/mol. The summed E-state index contributed by atoms with van der Waals surface area (Å²) in [6.45, 7) is 2.46. The summed E-state index contributed by atoms with van der Waals surface area (Å²) < 4.78 is 0. The van der Waals surface area contributed by atoms with Crippen LogP contribution in [-0.2, 0) is 21.0 Å². The second-order valence-electron chi connectivity index (χ2n) is 4.82. The molecule has 1 aliphatic rings. The Bertz CT molecular complexity index is 447. The van der Waals surface area contributed by atoms with Gasteiger partial charge in [-0.3, -0.25) is 19.7 Å².